The van der Waals surface area contributed by atoms with Crippen molar-refractivity contribution in [3.8, 4) is 0 Å². The first-order valence-electron chi connectivity index (χ1n) is 8.10. The lowest BCUT2D eigenvalue weighted by Gasteiger charge is -2.24. The summed E-state index contributed by atoms with van der Waals surface area (Å²) in [6.07, 6.45) is 2.31. The molecule has 0 N–H and O–H groups in total. The molecule has 0 radical (unpaired) electrons. The van der Waals surface area contributed by atoms with Crippen LogP contribution in [0.5, 0.6) is 0 Å². The molecule has 0 spiro atoms. The summed E-state index contributed by atoms with van der Waals surface area (Å²) in [6.45, 7) is 3.22. The van der Waals surface area contributed by atoms with Crippen molar-refractivity contribution in [2.45, 2.75) is 25.4 Å². The maximum atomic E-state index is 12.6. The third kappa shape index (κ3) is 3.93. The topological polar surface area (TPSA) is 49.9 Å². The fourth-order valence-corrected chi connectivity index (χ4v) is 3.36. The summed E-state index contributed by atoms with van der Waals surface area (Å²) in [5.74, 6) is 0.115. The van der Waals surface area contributed by atoms with Gasteiger partial charge in [0.05, 0.1) is 0 Å². The van der Waals surface area contributed by atoms with Gasteiger partial charge in [-0.3, -0.25) is 9.59 Å². The van der Waals surface area contributed by atoms with Crippen LogP contribution in [0.15, 0.2) is 28.7 Å². The van der Waals surface area contributed by atoms with Gasteiger partial charge in [-0.2, -0.15) is 0 Å². The van der Waals surface area contributed by atoms with Crippen molar-refractivity contribution < 1.29 is 14.3 Å². The van der Waals surface area contributed by atoms with E-state index < -0.39 is 0 Å². The molecular weight excluding hydrogens is 360 g/mol. The normalized spacial score (nSPS) is 22.0. The monoisotopic (exact) mass is 380 g/mol. The minimum Gasteiger partial charge on any atom is -0.368 e. The number of rotatable bonds is 2. The first-order chi connectivity index (χ1) is 11.1. The Morgan fingerprint density at radius 2 is 1.70 bits per heavy atom. The number of carbonyl (C=O) groups excluding carboxylic acids is 2. The third-order valence-corrected chi connectivity index (χ3v) is 4.92. The second kappa shape index (κ2) is 7.45. The molecule has 0 aromatic heterocycles. The van der Waals surface area contributed by atoms with E-state index in [-0.39, 0.29) is 17.9 Å². The van der Waals surface area contributed by atoms with Gasteiger partial charge < -0.3 is 14.5 Å². The summed E-state index contributed by atoms with van der Waals surface area (Å²) in [6, 6.07) is 7.40. The molecule has 0 bridgehead atoms. The Labute approximate surface area is 144 Å². The quantitative estimate of drug-likeness (QED) is 0.790. The van der Waals surface area contributed by atoms with Crippen molar-refractivity contribution in [1.29, 1.82) is 0 Å². The highest BCUT2D eigenvalue weighted by molar-refractivity contribution is 9.10. The summed E-state index contributed by atoms with van der Waals surface area (Å²) in [5.41, 5.74) is 0.687. The SMILES string of the molecule is O=C(c1ccc(Br)cc1)N1CCCN(C(=O)C2CCCO2)CC1. The van der Waals surface area contributed by atoms with Crippen LogP contribution in [0.3, 0.4) is 0 Å². The Hall–Kier alpha value is -1.40. The number of amides is 2. The minimum absolute atomic E-state index is 0.0314. The Bertz CT molecular complexity index is 570. The van der Waals surface area contributed by atoms with Crippen LogP contribution < -0.4 is 0 Å². The molecule has 0 aliphatic carbocycles. The van der Waals surface area contributed by atoms with Gasteiger partial charge in [-0.15, -0.1) is 0 Å². The van der Waals surface area contributed by atoms with Crippen LogP contribution in [-0.2, 0) is 9.53 Å². The molecule has 1 unspecified atom stereocenters. The van der Waals surface area contributed by atoms with E-state index in [4.69, 9.17) is 4.74 Å². The van der Waals surface area contributed by atoms with Gasteiger partial charge in [-0.25, -0.2) is 0 Å². The first-order valence-corrected chi connectivity index (χ1v) is 8.90. The van der Waals surface area contributed by atoms with E-state index >= 15 is 0 Å². The van der Waals surface area contributed by atoms with E-state index in [1.165, 1.54) is 0 Å². The van der Waals surface area contributed by atoms with Crippen LogP contribution in [0.25, 0.3) is 0 Å². The zero-order valence-electron chi connectivity index (χ0n) is 13.0. The molecule has 3 rings (SSSR count). The number of ether oxygens (including phenoxy) is 1. The predicted octanol–water partition coefficient (Wildman–Crippen LogP) is 2.30. The second-order valence-corrected chi connectivity index (χ2v) is 6.90. The molecule has 1 aromatic rings. The second-order valence-electron chi connectivity index (χ2n) is 5.98. The van der Waals surface area contributed by atoms with Crippen LogP contribution in [0.2, 0.25) is 0 Å². The fraction of sp³-hybridized carbons (Fsp3) is 0.529. The van der Waals surface area contributed by atoms with Gasteiger partial charge in [-0.05, 0) is 43.5 Å². The molecule has 5 nitrogen and oxygen atoms in total. The average Bonchev–Trinajstić information content (AvgIpc) is 2.99. The maximum Gasteiger partial charge on any atom is 0.253 e. The molecule has 6 heteroatoms. The smallest absolute Gasteiger partial charge is 0.253 e. The van der Waals surface area contributed by atoms with Crippen LogP contribution in [-0.4, -0.2) is 60.5 Å². The van der Waals surface area contributed by atoms with Gasteiger partial charge in [0, 0.05) is 42.8 Å². The molecule has 1 atom stereocenters. The van der Waals surface area contributed by atoms with Crippen LogP contribution in [0.4, 0.5) is 0 Å². The lowest BCUT2D eigenvalue weighted by Crippen LogP contribution is -2.41. The molecule has 2 fully saturated rings. The minimum atomic E-state index is -0.274. The molecule has 1 aromatic carbocycles. The van der Waals surface area contributed by atoms with E-state index in [1.807, 2.05) is 34.1 Å². The molecule has 2 amide bonds. The molecule has 2 heterocycles. The van der Waals surface area contributed by atoms with E-state index in [9.17, 15) is 9.59 Å². The van der Waals surface area contributed by atoms with Crippen molar-refractivity contribution in [1.82, 2.24) is 9.80 Å². The van der Waals surface area contributed by atoms with Crippen LogP contribution in [0.1, 0.15) is 29.6 Å². The molecular formula is C17H21BrN2O3. The van der Waals surface area contributed by atoms with Crippen molar-refractivity contribution in [2.24, 2.45) is 0 Å². The van der Waals surface area contributed by atoms with E-state index in [0.29, 0.717) is 38.3 Å². The molecule has 0 saturated carbocycles. The zero-order chi connectivity index (χ0) is 16.2. The van der Waals surface area contributed by atoms with Gasteiger partial charge in [0.1, 0.15) is 6.10 Å². The zero-order valence-corrected chi connectivity index (χ0v) is 14.6. The number of benzene rings is 1. The van der Waals surface area contributed by atoms with E-state index in [2.05, 4.69) is 15.9 Å². The van der Waals surface area contributed by atoms with Crippen molar-refractivity contribution in [2.75, 3.05) is 32.8 Å². The largest absolute Gasteiger partial charge is 0.368 e. The number of hydrogen-bond acceptors (Lipinski definition) is 3. The Kier molecular flexibility index (Phi) is 5.33. The molecule has 124 valence electrons. The summed E-state index contributed by atoms with van der Waals surface area (Å²) < 4.78 is 6.44. The van der Waals surface area contributed by atoms with Gasteiger partial charge in [0.25, 0.3) is 11.8 Å². The van der Waals surface area contributed by atoms with E-state index in [1.54, 1.807) is 0 Å². The highest BCUT2D eigenvalue weighted by Crippen LogP contribution is 2.17. The van der Waals surface area contributed by atoms with Crippen molar-refractivity contribution in [3.63, 3.8) is 0 Å². The standard InChI is InChI=1S/C17H21BrN2O3/c18-14-6-4-13(5-7-14)16(21)19-8-2-9-20(11-10-19)17(22)15-3-1-12-23-15/h4-7,15H,1-3,8-12H2. The summed E-state index contributed by atoms with van der Waals surface area (Å²) in [7, 11) is 0. The number of nitrogens with zero attached hydrogens (tertiary/aromatic N) is 2. The van der Waals surface area contributed by atoms with Crippen LogP contribution >= 0.6 is 15.9 Å². The lowest BCUT2D eigenvalue weighted by atomic mass is 10.2. The Balaban J connectivity index is 1.60. The maximum absolute atomic E-state index is 12.6. The van der Waals surface area contributed by atoms with E-state index in [0.717, 1.165) is 23.7 Å². The van der Waals surface area contributed by atoms with Crippen molar-refractivity contribution >= 4 is 27.7 Å². The average molecular weight is 381 g/mol. The van der Waals surface area contributed by atoms with Gasteiger partial charge >= 0.3 is 0 Å². The molecule has 2 saturated heterocycles. The summed E-state index contributed by atoms with van der Waals surface area (Å²) in [4.78, 5) is 28.7. The third-order valence-electron chi connectivity index (χ3n) is 4.39. The molecule has 23 heavy (non-hydrogen) atoms. The first kappa shape index (κ1) is 16.5. The van der Waals surface area contributed by atoms with Gasteiger partial charge in [0.15, 0.2) is 0 Å². The fourth-order valence-electron chi connectivity index (χ4n) is 3.09. The van der Waals surface area contributed by atoms with Crippen molar-refractivity contribution in [3.05, 3.63) is 34.3 Å². The van der Waals surface area contributed by atoms with Gasteiger partial charge in [0.2, 0.25) is 0 Å². The molecule has 2 aliphatic heterocycles. The van der Waals surface area contributed by atoms with Gasteiger partial charge in [-0.1, -0.05) is 15.9 Å². The number of hydrogen-bond donors (Lipinski definition) is 0. The Morgan fingerprint density at radius 1 is 1.00 bits per heavy atom. The number of carbonyl (C=O) groups is 2. The van der Waals surface area contributed by atoms with Crippen LogP contribution in [0, 0.1) is 0 Å². The Morgan fingerprint density at radius 3 is 2.39 bits per heavy atom. The lowest BCUT2D eigenvalue weighted by molar-refractivity contribution is -0.140. The highest BCUT2D eigenvalue weighted by atomic mass is 79.9. The predicted molar refractivity (Wildman–Crippen MR) is 90.2 cm³/mol. The molecule has 2 aliphatic rings. The summed E-state index contributed by atoms with van der Waals surface area (Å²) >= 11 is 3.38. The number of halogens is 1. The summed E-state index contributed by atoms with van der Waals surface area (Å²) in [5, 5.41) is 0. The highest BCUT2D eigenvalue weighted by Gasteiger charge is 2.30.